The number of hydrogen-bond donors (Lipinski definition) is 0. The van der Waals surface area contributed by atoms with E-state index in [0.717, 1.165) is 23.0 Å². The molecule has 1 aromatic carbocycles. The van der Waals surface area contributed by atoms with Crippen LogP contribution in [0.2, 0.25) is 0 Å². The summed E-state index contributed by atoms with van der Waals surface area (Å²) in [5.74, 6) is 1.73. The summed E-state index contributed by atoms with van der Waals surface area (Å²) in [5.41, 5.74) is 3.26. The second-order valence-electron chi connectivity index (χ2n) is 8.53. The summed E-state index contributed by atoms with van der Waals surface area (Å²) < 4.78 is 21.2. The van der Waals surface area contributed by atoms with Crippen molar-refractivity contribution in [2.24, 2.45) is 5.41 Å². The Kier molecular flexibility index (Phi) is 7.73. The molecule has 1 aromatic rings. The lowest BCUT2D eigenvalue weighted by Crippen LogP contribution is -2.43. The second kappa shape index (κ2) is 10.1. The molecule has 1 saturated heterocycles. The number of carbonyl (C=O) groups excluding carboxylic acids is 2. The molecule has 1 aliphatic carbocycles. The highest BCUT2D eigenvalue weighted by molar-refractivity contribution is 14.1. The lowest BCUT2D eigenvalue weighted by atomic mass is 9.95. The van der Waals surface area contributed by atoms with Gasteiger partial charge in [0.1, 0.15) is 6.29 Å². The van der Waals surface area contributed by atoms with E-state index in [-0.39, 0.29) is 5.41 Å². The number of ether oxygens (including phenoxy) is 3. The van der Waals surface area contributed by atoms with Crippen LogP contribution in [0, 0.1) is 15.3 Å². The van der Waals surface area contributed by atoms with E-state index in [1.807, 2.05) is 59.0 Å². The van der Waals surface area contributed by atoms with Gasteiger partial charge in [-0.3, -0.25) is 4.79 Å². The number of esters is 1. The lowest BCUT2D eigenvalue weighted by molar-refractivity contribution is -0.237. The highest BCUT2D eigenvalue weighted by Gasteiger charge is 2.62. The largest absolute Gasteiger partial charge is 0.452 e. The Morgan fingerprint density at radius 2 is 1.94 bits per heavy atom. The Morgan fingerprint density at radius 3 is 2.52 bits per heavy atom. The first-order chi connectivity index (χ1) is 14.8. The normalized spacial score (nSPS) is 19.9. The Bertz CT molecular complexity index is 939. The third-order valence-corrected chi connectivity index (χ3v) is 5.51. The molecule has 1 heterocycles. The summed E-state index contributed by atoms with van der Waals surface area (Å²) in [6.45, 7) is 6.60. The smallest absolute Gasteiger partial charge is 0.303 e. The maximum absolute atomic E-state index is 12.0. The van der Waals surface area contributed by atoms with Crippen molar-refractivity contribution in [2.75, 3.05) is 13.2 Å². The van der Waals surface area contributed by atoms with Crippen LogP contribution in [-0.4, -0.2) is 37.4 Å². The molecule has 164 valence electrons. The molecule has 0 saturated carbocycles. The molecule has 0 aromatic heterocycles. The molecule has 0 radical (unpaired) electrons. The van der Waals surface area contributed by atoms with Crippen molar-refractivity contribution in [3.05, 3.63) is 52.6 Å². The number of carbonyl (C=O) groups is 2. The minimum atomic E-state index is -0.971. The first-order valence-electron chi connectivity index (χ1n) is 10.3. The van der Waals surface area contributed by atoms with Crippen molar-refractivity contribution >= 4 is 40.9 Å². The van der Waals surface area contributed by atoms with E-state index >= 15 is 0 Å². The van der Waals surface area contributed by atoms with Crippen LogP contribution in [0.15, 0.2) is 47.1 Å². The minimum Gasteiger partial charge on any atom is -0.452 e. The van der Waals surface area contributed by atoms with Gasteiger partial charge >= 0.3 is 5.97 Å². The molecule has 0 N–H and O–H groups in total. The molecule has 1 atom stereocenters. The van der Waals surface area contributed by atoms with Crippen molar-refractivity contribution in [1.82, 2.24) is 0 Å². The quantitative estimate of drug-likeness (QED) is 0.119. The molecular formula is C25H27IO5. The van der Waals surface area contributed by atoms with Gasteiger partial charge in [-0.2, -0.15) is 0 Å². The van der Waals surface area contributed by atoms with Gasteiger partial charge in [0.15, 0.2) is 6.10 Å². The van der Waals surface area contributed by atoms with Crippen LogP contribution >= 0.6 is 22.6 Å². The van der Waals surface area contributed by atoms with Crippen LogP contribution in [0.5, 0.6) is 0 Å². The van der Waals surface area contributed by atoms with Gasteiger partial charge in [-0.1, -0.05) is 50.1 Å². The molecule has 5 nitrogen and oxygen atoms in total. The fourth-order valence-electron chi connectivity index (χ4n) is 3.72. The van der Waals surface area contributed by atoms with E-state index in [2.05, 4.69) is 23.7 Å². The molecule has 31 heavy (non-hydrogen) atoms. The van der Waals surface area contributed by atoms with Crippen molar-refractivity contribution < 1.29 is 23.8 Å². The second-order valence-corrected chi connectivity index (χ2v) is 9.07. The lowest BCUT2D eigenvalue weighted by Gasteiger charge is -2.37. The molecule has 1 unspecified atom stereocenters. The number of unbranched alkanes of at least 4 members (excludes halogenated alkanes) is 1. The maximum Gasteiger partial charge on any atom is 0.303 e. The molecule has 3 rings (SSSR count). The van der Waals surface area contributed by atoms with E-state index in [4.69, 9.17) is 14.2 Å². The highest BCUT2D eigenvalue weighted by Crippen LogP contribution is 2.57. The number of halogens is 1. The van der Waals surface area contributed by atoms with Gasteiger partial charge in [-0.25, -0.2) is 0 Å². The van der Waals surface area contributed by atoms with Crippen LogP contribution in [-0.2, 0) is 23.8 Å². The van der Waals surface area contributed by atoms with Crippen LogP contribution in [0.4, 0.5) is 0 Å². The Hall–Kier alpha value is -1.95. The van der Waals surface area contributed by atoms with Crippen LogP contribution < -0.4 is 0 Å². The molecule has 1 spiro atoms. The molecule has 1 aliphatic heterocycles. The molecule has 6 heteroatoms. The SMILES string of the molecule is CC(=O)OC(C1=C(CCCC=O)C12OCC(C)(C)CO2)/C(C#CI)=C/c1ccccc1. The Balaban J connectivity index is 2.00. The summed E-state index contributed by atoms with van der Waals surface area (Å²) in [4.78, 5) is 22.9. The average molecular weight is 534 g/mol. The summed E-state index contributed by atoms with van der Waals surface area (Å²) in [5, 5.41) is 0. The van der Waals surface area contributed by atoms with Crippen LogP contribution in [0.25, 0.3) is 6.08 Å². The van der Waals surface area contributed by atoms with Crippen molar-refractivity contribution in [3.63, 3.8) is 0 Å². The van der Waals surface area contributed by atoms with E-state index in [9.17, 15) is 9.59 Å². The first kappa shape index (κ1) is 23.7. The maximum atomic E-state index is 12.0. The first-order valence-corrected chi connectivity index (χ1v) is 11.4. The fourth-order valence-corrected chi connectivity index (χ4v) is 4.03. The molecule has 2 aliphatic rings. The van der Waals surface area contributed by atoms with Gasteiger partial charge < -0.3 is 19.0 Å². The molecule has 0 bridgehead atoms. The average Bonchev–Trinajstić information content (AvgIpc) is 3.35. The predicted octanol–water partition coefficient (Wildman–Crippen LogP) is 4.85. The Labute approximate surface area is 197 Å². The van der Waals surface area contributed by atoms with E-state index < -0.39 is 17.9 Å². The number of rotatable bonds is 8. The van der Waals surface area contributed by atoms with Crippen LogP contribution in [0.3, 0.4) is 0 Å². The van der Waals surface area contributed by atoms with Gasteiger partial charge in [-0.05, 0) is 28.4 Å². The molecule has 1 fully saturated rings. The van der Waals surface area contributed by atoms with E-state index in [0.29, 0.717) is 38.0 Å². The van der Waals surface area contributed by atoms with Gasteiger partial charge in [0, 0.05) is 58.1 Å². The number of hydrogen-bond acceptors (Lipinski definition) is 5. The standard InChI is InChI=1S/C25H27IO5/c1-18(28)31-23(20(12-13-26)15-19-9-5-4-6-10-19)22-21(11-7-8-14-27)25(22)29-16-24(2,3)17-30-25/h4-6,9-10,14-15,23H,7-8,11,16-17H2,1-3H3/b20-15+. The molecular weight excluding hydrogens is 507 g/mol. The zero-order chi connectivity index (χ0) is 22.5. The monoisotopic (exact) mass is 534 g/mol. The van der Waals surface area contributed by atoms with E-state index in [1.165, 1.54) is 6.92 Å². The number of aldehydes is 1. The van der Waals surface area contributed by atoms with Crippen molar-refractivity contribution in [2.45, 2.75) is 51.9 Å². The third-order valence-electron chi connectivity index (χ3n) is 5.24. The summed E-state index contributed by atoms with van der Waals surface area (Å²) in [6.07, 6.45) is 3.91. The predicted molar refractivity (Wildman–Crippen MR) is 127 cm³/mol. The number of benzene rings is 1. The topological polar surface area (TPSA) is 61.8 Å². The Morgan fingerprint density at radius 1 is 1.26 bits per heavy atom. The van der Waals surface area contributed by atoms with Gasteiger partial charge in [0.2, 0.25) is 5.79 Å². The third kappa shape index (κ3) is 5.65. The minimum absolute atomic E-state index is 0.103. The van der Waals surface area contributed by atoms with Crippen molar-refractivity contribution in [1.29, 1.82) is 0 Å². The van der Waals surface area contributed by atoms with Crippen molar-refractivity contribution in [3.8, 4) is 9.85 Å². The van der Waals surface area contributed by atoms with E-state index in [1.54, 1.807) is 0 Å². The zero-order valence-corrected chi connectivity index (χ0v) is 20.2. The molecule has 0 amide bonds. The summed E-state index contributed by atoms with van der Waals surface area (Å²) >= 11 is 1.98. The fraction of sp³-hybridized carbons (Fsp3) is 0.440. The van der Waals surface area contributed by atoms with Gasteiger partial charge in [0.05, 0.1) is 13.2 Å². The zero-order valence-electron chi connectivity index (χ0n) is 18.1. The van der Waals surface area contributed by atoms with Gasteiger partial charge in [0.25, 0.3) is 0 Å². The summed E-state index contributed by atoms with van der Waals surface area (Å²) in [7, 11) is 0. The summed E-state index contributed by atoms with van der Waals surface area (Å²) in [6, 6.07) is 9.77. The highest BCUT2D eigenvalue weighted by atomic mass is 127. The van der Waals surface area contributed by atoms with Crippen LogP contribution in [0.1, 0.15) is 45.6 Å². The van der Waals surface area contributed by atoms with Gasteiger partial charge in [-0.15, -0.1) is 0 Å².